The van der Waals surface area contributed by atoms with Crippen LogP contribution in [0.3, 0.4) is 0 Å². The van der Waals surface area contributed by atoms with Crippen LogP contribution < -0.4 is 4.74 Å². The molecule has 0 heterocycles. The fourth-order valence-electron chi connectivity index (χ4n) is 1.72. The zero-order valence-electron chi connectivity index (χ0n) is 11.8. The van der Waals surface area contributed by atoms with E-state index in [1.165, 1.54) is 19.1 Å². The van der Waals surface area contributed by atoms with Crippen molar-refractivity contribution in [2.24, 2.45) is 0 Å². The van der Waals surface area contributed by atoms with Crippen LogP contribution >= 0.6 is 23.2 Å². The van der Waals surface area contributed by atoms with Crippen molar-refractivity contribution in [1.29, 1.82) is 0 Å². The molecule has 4 nitrogen and oxygen atoms in total. The van der Waals surface area contributed by atoms with Crippen LogP contribution in [-0.2, 0) is 14.6 Å². The van der Waals surface area contributed by atoms with Crippen molar-refractivity contribution in [2.75, 3.05) is 0 Å². The lowest BCUT2D eigenvalue weighted by Gasteiger charge is -2.14. The van der Waals surface area contributed by atoms with Gasteiger partial charge in [-0.3, -0.25) is 4.79 Å². The molecule has 1 unspecified atom stereocenters. The van der Waals surface area contributed by atoms with Crippen molar-refractivity contribution in [3.63, 3.8) is 0 Å². The molecule has 1 atom stereocenters. The number of hydrogen-bond donors (Lipinski definition) is 0. The van der Waals surface area contributed by atoms with Crippen LogP contribution in [0, 0.1) is 5.82 Å². The Morgan fingerprint density at radius 3 is 2.13 bits per heavy atom. The number of ether oxygens (including phenoxy) is 1. The van der Waals surface area contributed by atoms with Gasteiger partial charge < -0.3 is 4.74 Å². The average molecular weight is 377 g/mol. The normalized spacial score (nSPS) is 12.7. The third-order valence-corrected chi connectivity index (χ3v) is 5.71. The fourth-order valence-corrected chi connectivity index (χ4v) is 3.42. The van der Waals surface area contributed by atoms with Gasteiger partial charge in [0.2, 0.25) is 0 Å². The maximum Gasteiger partial charge on any atom is 0.329 e. The van der Waals surface area contributed by atoms with Crippen LogP contribution in [0.15, 0.2) is 47.4 Å². The Morgan fingerprint density at radius 2 is 1.61 bits per heavy atom. The number of carbonyl (C=O) groups is 1. The molecule has 23 heavy (non-hydrogen) atoms. The first-order valence-electron chi connectivity index (χ1n) is 6.38. The molecule has 0 saturated heterocycles. The Balaban J connectivity index is 2.27. The molecule has 2 aromatic carbocycles. The van der Waals surface area contributed by atoms with E-state index in [1.54, 1.807) is 6.07 Å². The van der Waals surface area contributed by atoms with Crippen LogP contribution in [0.4, 0.5) is 4.39 Å². The maximum absolute atomic E-state index is 12.9. The number of para-hydroxylation sites is 1. The Hall–Kier alpha value is -1.63. The Bertz CT molecular complexity index is 815. The number of benzene rings is 2. The number of halogens is 3. The minimum Gasteiger partial charge on any atom is -0.422 e. The summed E-state index contributed by atoms with van der Waals surface area (Å²) in [6.07, 6.45) is 0. The standard InChI is InChI=1S/C15H11Cl2FO4S/c1-9(23(20,21)11-7-5-10(18)6-8-11)15(19)22-14-12(16)3-2-4-13(14)17/h2-9H,1H3. The van der Waals surface area contributed by atoms with Gasteiger partial charge in [-0.1, -0.05) is 29.3 Å². The first-order valence-corrected chi connectivity index (χ1v) is 8.69. The molecule has 0 aromatic heterocycles. The number of hydrogen-bond acceptors (Lipinski definition) is 4. The second-order valence-corrected chi connectivity index (χ2v) is 7.70. The van der Waals surface area contributed by atoms with Gasteiger partial charge in [-0.25, -0.2) is 12.8 Å². The van der Waals surface area contributed by atoms with Gasteiger partial charge in [-0.15, -0.1) is 0 Å². The molecule has 0 radical (unpaired) electrons. The topological polar surface area (TPSA) is 60.4 Å². The molecule has 0 spiro atoms. The van der Waals surface area contributed by atoms with Crippen molar-refractivity contribution in [1.82, 2.24) is 0 Å². The number of carbonyl (C=O) groups excluding carboxylic acids is 1. The second kappa shape index (κ2) is 6.86. The molecular weight excluding hydrogens is 366 g/mol. The van der Waals surface area contributed by atoms with Crippen molar-refractivity contribution >= 4 is 39.0 Å². The predicted octanol–water partition coefficient (Wildman–Crippen LogP) is 3.90. The molecule has 0 aliphatic carbocycles. The highest BCUT2D eigenvalue weighted by Gasteiger charge is 2.32. The van der Waals surface area contributed by atoms with E-state index >= 15 is 0 Å². The summed E-state index contributed by atoms with van der Waals surface area (Å²) in [6.45, 7) is 1.17. The van der Waals surface area contributed by atoms with Crippen LogP contribution in [0.5, 0.6) is 5.75 Å². The van der Waals surface area contributed by atoms with Crippen LogP contribution in [0.1, 0.15) is 6.92 Å². The molecule has 122 valence electrons. The van der Waals surface area contributed by atoms with E-state index in [4.69, 9.17) is 27.9 Å². The van der Waals surface area contributed by atoms with Crippen molar-refractivity contribution in [3.05, 3.63) is 58.3 Å². The number of sulfone groups is 1. The first kappa shape index (κ1) is 17.7. The van der Waals surface area contributed by atoms with E-state index in [0.717, 1.165) is 24.3 Å². The minimum atomic E-state index is -4.03. The summed E-state index contributed by atoms with van der Waals surface area (Å²) in [5.74, 6) is -1.73. The lowest BCUT2D eigenvalue weighted by molar-refractivity contribution is -0.133. The summed E-state index contributed by atoms with van der Waals surface area (Å²) >= 11 is 11.7. The minimum absolute atomic E-state index is 0.0808. The van der Waals surface area contributed by atoms with Gasteiger partial charge in [-0.05, 0) is 43.3 Å². The van der Waals surface area contributed by atoms with Crippen LogP contribution in [0.25, 0.3) is 0 Å². The summed E-state index contributed by atoms with van der Waals surface area (Å²) in [5, 5.41) is -1.35. The van der Waals surface area contributed by atoms with E-state index < -0.39 is 26.9 Å². The van der Waals surface area contributed by atoms with Gasteiger partial charge in [-0.2, -0.15) is 0 Å². The zero-order valence-corrected chi connectivity index (χ0v) is 14.1. The number of esters is 1. The second-order valence-electron chi connectivity index (χ2n) is 4.61. The van der Waals surface area contributed by atoms with Gasteiger partial charge in [0.25, 0.3) is 0 Å². The SMILES string of the molecule is CC(C(=O)Oc1c(Cl)cccc1Cl)S(=O)(=O)c1ccc(F)cc1. The summed E-state index contributed by atoms with van der Waals surface area (Å²) in [5.41, 5.74) is 0. The fraction of sp³-hybridized carbons (Fsp3) is 0.133. The van der Waals surface area contributed by atoms with E-state index in [-0.39, 0.29) is 20.7 Å². The summed E-state index contributed by atoms with van der Waals surface area (Å²) in [6, 6.07) is 8.62. The lowest BCUT2D eigenvalue weighted by atomic mass is 10.3. The Labute approximate surface area is 142 Å². The molecule has 0 aliphatic rings. The highest BCUT2D eigenvalue weighted by atomic mass is 35.5. The predicted molar refractivity (Wildman–Crippen MR) is 85.1 cm³/mol. The monoisotopic (exact) mass is 376 g/mol. The summed E-state index contributed by atoms with van der Waals surface area (Å²) in [4.78, 5) is 11.9. The lowest BCUT2D eigenvalue weighted by Crippen LogP contribution is -2.31. The zero-order chi connectivity index (χ0) is 17.2. The summed E-state index contributed by atoms with van der Waals surface area (Å²) < 4.78 is 42.6. The Morgan fingerprint density at radius 1 is 1.09 bits per heavy atom. The van der Waals surface area contributed by atoms with E-state index in [9.17, 15) is 17.6 Å². The summed E-state index contributed by atoms with van der Waals surface area (Å²) in [7, 11) is -4.03. The molecule has 8 heteroatoms. The molecule has 0 N–H and O–H groups in total. The number of rotatable bonds is 4. The van der Waals surface area contributed by atoms with Crippen LogP contribution in [0.2, 0.25) is 10.0 Å². The van der Waals surface area contributed by atoms with Crippen molar-refractivity contribution in [2.45, 2.75) is 17.1 Å². The van der Waals surface area contributed by atoms with Crippen molar-refractivity contribution < 1.29 is 22.3 Å². The van der Waals surface area contributed by atoms with E-state index in [0.29, 0.717) is 0 Å². The molecule has 0 aliphatic heterocycles. The van der Waals surface area contributed by atoms with E-state index in [2.05, 4.69) is 0 Å². The molecular formula is C15H11Cl2FO4S. The highest BCUT2D eigenvalue weighted by molar-refractivity contribution is 7.92. The van der Waals surface area contributed by atoms with Gasteiger partial charge in [0.05, 0.1) is 14.9 Å². The first-order chi connectivity index (χ1) is 10.7. The highest BCUT2D eigenvalue weighted by Crippen LogP contribution is 2.33. The average Bonchev–Trinajstić information content (AvgIpc) is 2.50. The van der Waals surface area contributed by atoms with Gasteiger partial charge in [0, 0.05) is 0 Å². The third kappa shape index (κ3) is 3.83. The van der Waals surface area contributed by atoms with Crippen molar-refractivity contribution in [3.8, 4) is 5.75 Å². The molecule has 0 fully saturated rings. The maximum atomic E-state index is 12.9. The van der Waals surface area contributed by atoms with Gasteiger partial charge in [0.15, 0.2) is 20.8 Å². The van der Waals surface area contributed by atoms with Gasteiger partial charge >= 0.3 is 5.97 Å². The smallest absolute Gasteiger partial charge is 0.329 e. The van der Waals surface area contributed by atoms with Gasteiger partial charge in [0.1, 0.15) is 5.82 Å². The van der Waals surface area contributed by atoms with Crippen LogP contribution in [-0.4, -0.2) is 19.6 Å². The molecule has 2 aromatic rings. The van der Waals surface area contributed by atoms with E-state index in [1.807, 2.05) is 0 Å². The molecule has 0 saturated carbocycles. The molecule has 2 rings (SSSR count). The quantitative estimate of drug-likeness (QED) is 0.461. The third-order valence-electron chi connectivity index (χ3n) is 3.06. The Kier molecular flexibility index (Phi) is 5.29. The molecule has 0 bridgehead atoms. The molecule has 0 amide bonds. The largest absolute Gasteiger partial charge is 0.422 e.